The number of nitrogens with zero attached hydrogens (tertiary/aromatic N) is 2. The molecule has 1 N–H and O–H groups in total. The van der Waals surface area contributed by atoms with Crippen molar-refractivity contribution < 1.29 is 14.2 Å². The Balaban J connectivity index is 0.00000576. The number of rotatable bonds is 12. The first-order valence-electron chi connectivity index (χ1n) is 9.35. The van der Waals surface area contributed by atoms with E-state index in [1.54, 1.807) is 7.11 Å². The molecule has 0 amide bonds. The van der Waals surface area contributed by atoms with Crippen molar-refractivity contribution in [1.82, 2.24) is 10.2 Å². The number of hydrogen-bond donors (Lipinski definition) is 1. The molecule has 0 bridgehead atoms. The molecule has 1 heterocycles. The second-order valence-corrected chi connectivity index (χ2v) is 6.73. The third-order valence-corrected chi connectivity index (χ3v) is 3.87. The van der Waals surface area contributed by atoms with Gasteiger partial charge < -0.3 is 24.4 Å². The summed E-state index contributed by atoms with van der Waals surface area (Å²) in [5.74, 6) is 2.21. The van der Waals surface area contributed by atoms with Crippen molar-refractivity contribution in [3.8, 4) is 0 Å². The van der Waals surface area contributed by atoms with Crippen LogP contribution in [0.15, 0.2) is 4.99 Å². The first-order valence-corrected chi connectivity index (χ1v) is 9.35. The van der Waals surface area contributed by atoms with Crippen molar-refractivity contribution in [2.75, 3.05) is 66.3 Å². The lowest BCUT2D eigenvalue weighted by Gasteiger charge is -2.21. The van der Waals surface area contributed by atoms with E-state index in [2.05, 4.69) is 31.0 Å². The molecule has 1 aliphatic heterocycles. The Hall–Kier alpha value is -0.120. The van der Waals surface area contributed by atoms with Gasteiger partial charge in [-0.3, -0.25) is 4.99 Å². The molecular formula is C18H38IN3O3. The van der Waals surface area contributed by atoms with Gasteiger partial charge in [0.05, 0.1) is 19.8 Å². The molecule has 7 heteroatoms. The summed E-state index contributed by atoms with van der Waals surface area (Å²) in [5.41, 5.74) is 0. The second-order valence-electron chi connectivity index (χ2n) is 6.73. The van der Waals surface area contributed by atoms with Crippen molar-refractivity contribution in [2.45, 2.75) is 33.6 Å². The van der Waals surface area contributed by atoms with Gasteiger partial charge in [-0.2, -0.15) is 0 Å². The minimum absolute atomic E-state index is 0. The average molecular weight is 471 g/mol. The highest BCUT2D eigenvalue weighted by Gasteiger charge is 2.24. The first-order chi connectivity index (χ1) is 11.7. The van der Waals surface area contributed by atoms with Crippen LogP contribution in [0.1, 0.15) is 33.6 Å². The minimum atomic E-state index is 0. The van der Waals surface area contributed by atoms with Crippen LogP contribution >= 0.6 is 24.0 Å². The van der Waals surface area contributed by atoms with E-state index in [0.717, 1.165) is 64.8 Å². The summed E-state index contributed by atoms with van der Waals surface area (Å²) in [6.45, 7) is 14.0. The van der Waals surface area contributed by atoms with Crippen molar-refractivity contribution in [3.63, 3.8) is 0 Å². The second kappa shape index (κ2) is 16.1. The van der Waals surface area contributed by atoms with Gasteiger partial charge in [-0.05, 0) is 25.7 Å². The zero-order valence-corrected chi connectivity index (χ0v) is 18.8. The maximum atomic E-state index is 5.66. The molecule has 0 aromatic rings. The summed E-state index contributed by atoms with van der Waals surface area (Å²) in [7, 11) is 1.70. The van der Waals surface area contributed by atoms with Crippen LogP contribution < -0.4 is 5.32 Å². The quantitative estimate of drug-likeness (QED) is 0.205. The molecule has 1 rings (SSSR count). The van der Waals surface area contributed by atoms with E-state index in [-0.39, 0.29) is 24.0 Å². The van der Waals surface area contributed by atoms with Gasteiger partial charge in [0, 0.05) is 52.4 Å². The molecule has 25 heavy (non-hydrogen) atoms. The van der Waals surface area contributed by atoms with E-state index in [1.165, 1.54) is 0 Å². The largest absolute Gasteiger partial charge is 0.382 e. The lowest BCUT2D eigenvalue weighted by atomic mass is 10.1. The summed E-state index contributed by atoms with van der Waals surface area (Å²) < 4.78 is 16.3. The normalized spacial score (nSPS) is 17.9. The van der Waals surface area contributed by atoms with Crippen molar-refractivity contribution >= 4 is 29.9 Å². The number of guanidine groups is 1. The maximum Gasteiger partial charge on any atom is 0.193 e. The minimum Gasteiger partial charge on any atom is -0.382 e. The van der Waals surface area contributed by atoms with Crippen LogP contribution in [-0.4, -0.2) is 77.2 Å². The monoisotopic (exact) mass is 471 g/mol. The van der Waals surface area contributed by atoms with Crippen LogP contribution in [0.3, 0.4) is 0 Å². The number of likely N-dealkylation sites (tertiary alicyclic amines) is 1. The summed E-state index contributed by atoms with van der Waals surface area (Å²) in [5, 5.41) is 3.40. The topological polar surface area (TPSA) is 55.3 Å². The van der Waals surface area contributed by atoms with Crippen molar-refractivity contribution in [1.29, 1.82) is 0 Å². The lowest BCUT2D eigenvalue weighted by molar-refractivity contribution is 0.0536. The van der Waals surface area contributed by atoms with Gasteiger partial charge >= 0.3 is 0 Å². The Morgan fingerprint density at radius 3 is 2.72 bits per heavy atom. The van der Waals surface area contributed by atoms with Gasteiger partial charge in [0.1, 0.15) is 0 Å². The molecule has 1 unspecified atom stereocenters. The van der Waals surface area contributed by atoms with Crippen LogP contribution in [0, 0.1) is 11.8 Å². The molecule has 0 aliphatic carbocycles. The number of ether oxygens (including phenoxy) is 3. The Morgan fingerprint density at radius 2 is 2.04 bits per heavy atom. The number of aliphatic imine (C=N–C) groups is 1. The Kier molecular flexibility index (Phi) is 16.0. The highest BCUT2D eigenvalue weighted by molar-refractivity contribution is 14.0. The van der Waals surface area contributed by atoms with Crippen LogP contribution in [0.2, 0.25) is 0 Å². The third-order valence-electron chi connectivity index (χ3n) is 3.87. The standard InChI is InChI=1S/C18H37N3O3.HI/c1-5-19-18(20-8-6-10-23-14-16(2)3)21-9-7-17(13-21)15-24-12-11-22-4;/h16-17H,5-15H2,1-4H3,(H,19,20);1H. The SMILES string of the molecule is CCNC(=NCCCOCC(C)C)N1CCC(COCCOC)C1.I. The molecule has 1 atom stereocenters. The van der Waals surface area contributed by atoms with Gasteiger partial charge in [-0.1, -0.05) is 13.8 Å². The molecule has 150 valence electrons. The summed E-state index contributed by atoms with van der Waals surface area (Å²) in [6, 6.07) is 0. The Morgan fingerprint density at radius 1 is 1.24 bits per heavy atom. The fourth-order valence-corrected chi connectivity index (χ4v) is 2.65. The fraction of sp³-hybridized carbons (Fsp3) is 0.944. The van der Waals surface area contributed by atoms with Crippen LogP contribution in [0.25, 0.3) is 0 Å². The lowest BCUT2D eigenvalue weighted by Crippen LogP contribution is -2.40. The average Bonchev–Trinajstić information content (AvgIpc) is 3.02. The van der Waals surface area contributed by atoms with Gasteiger partial charge in [-0.15, -0.1) is 24.0 Å². The van der Waals surface area contributed by atoms with Crippen LogP contribution in [0.5, 0.6) is 0 Å². The molecule has 0 saturated carbocycles. The molecule has 0 radical (unpaired) electrons. The highest BCUT2D eigenvalue weighted by Crippen LogP contribution is 2.16. The summed E-state index contributed by atoms with van der Waals surface area (Å²) in [6.07, 6.45) is 2.13. The molecule has 1 saturated heterocycles. The first kappa shape index (κ1) is 24.9. The van der Waals surface area contributed by atoms with E-state index in [1.807, 2.05) is 0 Å². The summed E-state index contributed by atoms with van der Waals surface area (Å²) >= 11 is 0. The molecule has 1 aliphatic rings. The molecule has 0 aromatic heterocycles. The van der Waals surface area contributed by atoms with Gasteiger partial charge in [0.25, 0.3) is 0 Å². The van der Waals surface area contributed by atoms with E-state index < -0.39 is 0 Å². The third kappa shape index (κ3) is 12.0. The van der Waals surface area contributed by atoms with E-state index in [4.69, 9.17) is 19.2 Å². The molecule has 1 fully saturated rings. The number of methoxy groups -OCH3 is 1. The van der Waals surface area contributed by atoms with Crippen LogP contribution in [-0.2, 0) is 14.2 Å². The molecule has 0 spiro atoms. The van der Waals surface area contributed by atoms with Crippen molar-refractivity contribution in [2.24, 2.45) is 16.8 Å². The Labute approximate surface area is 171 Å². The van der Waals surface area contributed by atoms with Crippen LogP contribution in [0.4, 0.5) is 0 Å². The smallest absolute Gasteiger partial charge is 0.193 e. The molecule has 0 aromatic carbocycles. The molecular weight excluding hydrogens is 433 g/mol. The molecule has 6 nitrogen and oxygen atoms in total. The fourth-order valence-electron chi connectivity index (χ4n) is 2.65. The van der Waals surface area contributed by atoms with E-state index in [0.29, 0.717) is 25.0 Å². The van der Waals surface area contributed by atoms with E-state index in [9.17, 15) is 0 Å². The summed E-state index contributed by atoms with van der Waals surface area (Å²) in [4.78, 5) is 7.10. The predicted octanol–water partition coefficient (Wildman–Crippen LogP) is 2.62. The maximum absolute atomic E-state index is 5.66. The van der Waals surface area contributed by atoms with Crippen molar-refractivity contribution in [3.05, 3.63) is 0 Å². The van der Waals surface area contributed by atoms with Gasteiger partial charge in [0.2, 0.25) is 0 Å². The van der Waals surface area contributed by atoms with Gasteiger partial charge in [-0.25, -0.2) is 0 Å². The van der Waals surface area contributed by atoms with E-state index >= 15 is 0 Å². The highest BCUT2D eigenvalue weighted by atomic mass is 127. The number of nitrogens with one attached hydrogen (secondary N) is 1. The number of hydrogen-bond acceptors (Lipinski definition) is 4. The predicted molar refractivity (Wildman–Crippen MR) is 114 cm³/mol. The van der Waals surface area contributed by atoms with Gasteiger partial charge in [0.15, 0.2) is 5.96 Å². The zero-order chi connectivity index (χ0) is 17.6. The number of halogens is 1. The zero-order valence-electron chi connectivity index (χ0n) is 16.5. The Bertz CT molecular complexity index is 344.